The molecule has 23 heavy (non-hydrogen) atoms. The summed E-state index contributed by atoms with van der Waals surface area (Å²) in [6.45, 7) is 3.99. The van der Waals surface area contributed by atoms with Crippen LogP contribution in [0.25, 0.3) is 5.57 Å². The fourth-order valence-corrected chi connectivity index (χ4v) is 2.75. The summed E-state index contributed by atoms with van der Waals surface area (Å²) in [7, 11) is 0. The van der Waals surface area contributed by atoms with Crippen LogP contribution < -0.4 is 0 Å². The maximum Gasteiger partial charge on any atom is 0.306 e. The Morgan fingerprint density at radius 3 is 2.52 bits per heavy atom. The van der Waals surface area contributed by atoms with Crippen molar-refractivity contribution in [3.8, 4) is 0 Å². The van der Waals surface area contributed by atoms with Gasteiger partial charge in [0.05, 0.1) is 5.92 Å². The van der Waals surface area contributed by atoms with Gasteiger partial charge in [-0.2, -0.15) is 0 Å². The Morgan fingerprint density at radius 1 is 1.22 bits per heavy atom. The van der Waals surface area contributed by atoms with Gasteiger partial charge in [-0.15, -0.1) is 0 Å². The van der Waals surface area contributed by atoms with Crippen molar-refractivity contribution in [3.05, 3.63) is 41.5 Å². The zero-order valence-electron chi connectivity index (χ0n) is 13.9. The normalized spacial score (nSPS) is 13.1. The van der Waals surface area contributed by atoms with Crippen LogP contribution in [0.3, 0.4) is 0 Å². The summed E-state index contributed by atoms with van der Waals surface area (Å²) in [4.78, 5) is 11.1. The van der Waals surface area contributed by atoms with Gasteiger partial charge in [-0.3, -0.25) is 4.79 Å². The molecule has 0 heterocycles. The fraction of sp³-hybridized carbons (Fsp3) is 0.526. The van der Waals surface area contributed by atoms with Gasteiger partial charge in [-0.05, 0) is 49.8 Å². The van der Waals surface area contributed by atoms with Crippen molar-refractivity contribution in [2.45, 2.75) is 58.8 Å². The van der Waals surface area contributed by atoms with E-state index in [1.165, 1.54) is 12.1 Å². The highest BCUT2D eigenvalue weighted by Gasteiger charge is 2.15. The zero-order valence-corrected chi connectivity index (χ0v) is 13.9. The van der Waals surface area contributed by atoms with Crippen LogP contribution in [0.4, 0.5) is 8.78 Å². The largest absolute Gasteiger partial charge is 0.481 e. The van der Waals surface area contributed by atoms with Crippen LogP contribution in [0.1, 0.15) is 64.4 Å². The van der Waals surface area contributed by atoms with Gasteiger partial charge < -0.3 is 5.11 Å². The molecule has 1 unspecified atom stereocenters. The van der Waals surface area contributed by atoms with Crippen molar-refractivity contribution in [2.75, 3.05) is 0 Å². The molecule has 0 bridgehead atoms. The van der Waals surface area contributed by atoms with Gasteiger partial charge in [0, 0.05) is 11.6 Å². The van der Waals surface area contributed by atoms with Crippen LogP contribution in [-0.2, 0) is 4.79 Å². The van der Waals surface area contributed by atoms with Gasteiger partial charge in [-0.25, -0.2) is 8.78 Å². The van der Waals surface area contributed by atoms with Gasteiger partial charge in [-0.1, -0.05) is 32.8 Å². The second kappa shape index (κ2) is 10.1. The Kier molecular flexibility index (Phi) is 8.52. The minimum Gasteiger partial charge on any atom is -0.481 e. The Morgan fingerprint density at radius 2 is 1.96 bits per heavy atom. The summed E-state index contributed by atoms with van der Waals surface area (Å²) < 4.78 is 26.9. The first-order valence-corrected chi connectivity index (χ1v) is 8.36. The number of halogens is 2. The maximum absolute atomic E-state index is 13.9. The third-order valence-electron chi connectivity index (χ3n) is 3.93. The second-order valence-corrected chi connectivity index (χ2v) is 5.86. The minimum atomic E-state index is -0.741. The Bertz CT molecular complexity index is 538. The lowest BCUT2D eigenvalue weighted by atomic mass is 9.95. The molecule has 0 aromatic heterocycles. The monoisotopic (exact) mass is 324 g/mol. The molecule has 0 aliphatic heterocycles. The lowest BCUT2D eigenvalue weighted by Gasteiger charge is -2.11. The molecule has 0 aliphatic carbocycles. The van der Waals surface area contributed by atoms with E-state index in [0.717, 1.165) is 37.3 Å². The maximum atomic E-state index is 13.9. The number of hydrogen-bond acceptors (Lipinski definition) is 1. The lowest BCUT2D eigenvalue weighted by Crippen LogP contribution is -2.13. The van der Waals surface area contributed by atoms with Crippen molar-refractivity contribution in [1.29, 1.82) is 0 Å². The van der Waals surface area contributed by atoms with Crippen LogP contribution >= 0.6 is 0 Å². The van der Waals surface area contributed by atoms with E-state index in [9.17, 15) is 13.6 Å². The fourth-order valence-electron chi connectivity index (χ4n) is 2.75. The van der Waals surface area contributed by atoms with E-state index in [4.69, 9.17) is 5.11 Å². The quantitative estimate of drug-likeness (QED) is 0.551. The summed E-state index contributed by atoms with van der Waals surface area (Å²) in [5.41, 5.74) is 1.31. The first-order valence-electron chi connectivity index (χ1n) is 8.36. The van der Waals surface area contributed by atoms with Gasteiger partial charge in [0.25, 0.3) is 0 Å². The van der Waals surface area contributed by atoms with Crippen LogP contribution in [0.2, 0.25) is 0 Å². The molecule has 0 saturated carbocycles. The van der Waals surface area contributed by atoms with E-state index < -0.39 is 17.6 Å². The average Bonchev–Trinajstić information content (AvgIpc) is 2.49. The van der Waals surface area contributed by atoms with E-state index in [2.05, 4.69) is 0 Å². The van der Waals surface area contributed by atoms with E-state index in [1.54, 1.807) is 0 Å². The highest BCUT2D eigenvalue weighted by Crippen LogP contribution is 2.25. The number of aliphatic carboxylic acids is 1. The number of rotatable bonds is 10. The van der Waals surface area contributed by atoms with Crippen molar-refractivity contribution in [1.82, 2.24) is 0 Å². The summed E-state index contributed by atoms with van der Waals surface area (Å²) in [6, 6.07) is 3.65. The molecule has 1 atom stereocenters. The third-order valence-corrected chi connectivity index (χ3v) is 3.93. The van der Waals surface area contributed by atoms with E-state index in [-0.39, 0.29) is 5.92 Å². The summed E-state index contributed by atoms with van der Waals surface area (Å²) >= 11 is 0. The number of allylic oxidation sites excluding steroid dienone is 2. The molecule has 0 fully saturated rings. The van der Waals surface area contributed by atoms with E-state index in [1.807, 2.05) is 19.9 Å². The van der Waals surface area contributed by atoms with Crippen LogP contribution in [-0.4, -0.2) is 11.1 Å². The predicted molar refractivity (Wildman–Crippen MR) is 89.1 cm³/mol. The smallest absolute Gasteiger partial charge is 0.306 e. The molecule has 1 aromatic carbocycles. The van der Waals surface area contributed by atoms with Gasteiger partial charge in [0.1, 0.15) is 11.6 Å². The number of carbonyl (C=O) groups is 1. The summed E-state index contributed by atoms with van der Waals surface area (Å²) in [6.07, 6.45) is 7.19. The molecule has 0 radical (unpaired) electrons. The first-order chi connectivity index (χ1) is 11.0. The van der Waals surface area contributed by atoms with Crippen LogP contribution in [0, 0.1) is 17.6 Å². The molecule has 0 spiro atoms. The molecule has 1 N–H and O–H groups in total. The molecule has 4 heteroatoms. The number of hydrogen-bond donors (Lipinski definition) is 1. The molecule has 1 rings (SSSR count). The van der Waals surface area contributed by atoms with Crippen molar-refractivity contribution in [2.24, 2.45) is 5.92 Å². The molecule has 0 aliphatic rings. The highest BCUT2D eigenvalue weighted by molar-refractivity contribution is 5.70. The molecule has 1 aromatic rings. The van der Waals surface area contributed by atoms with Crippen molar-refractivity contribution < 1.29 is 18.7 Å². The number of carboxylic acid groups (broad SMARTS) is 1. The zero-order chi connectivity index (χ0) is 17.2. The standard InChI is InChI=1S/C19H26F2O2/c1-3-7-14(17-12-11-16(20)13-18(17)21)9-5-6-10-15(8-4-2)19(22)23/h9,11-13,15H,3-8,10H2,1-2H3,(H,22,23)/b14-9+. The van der Waals surface area contributed by atoms with E-state index >= 15 is 0 Å². The minimum absolute atomic E-state index is 0.300. The number of benzene rings is 1. The first kappa shape index (κ1) is 19.3. The highest BCUT2D eigenvalue weighted by atomic mass is 19.1. The van der Waals surface area contributed by atoms with Gasteiger partial charge in [0.2, 0.25) is 0 Å². The average molecular weight is 324 g/mol. The SMILES string of the molecule is CCC/C(=C\CCCC(CCC)C(=O)O)c1ccc(F)cc1F. The van der Waals surface area contributed by atoms with Crippen LogP contribution in [0.15, 0.2) is 24.3 Å². The predicted octanol–water partition coefficient (Wildman–Crippen LogP) is 5.82. The lowest BCUT2D eigenvalue weighted by molar-refractivity contribution is -0.142. The molecule has 0 saturated heterocycles. The molecular weight excluding hydrogens is 298 g/mol. The third kappa shape index (κ3) is 6.51. The number of unbranched alkanes of at least 4 members (excludes halogenated alkanes) is 1. The van der Waals surface area contributed by atoms with Crippen LogP contribution in [0.5, 0.6) is 0 Å². The van der Waals surface area contributed by atoms with Crippen molar-refractivity contribution in [3.63, 3.8) is 0 Å². The Balaban J connectivity index is 2.70. The Labute approximate surface area is 137 Å². The molecule has 128 valence electrons. The molecule has 2 nitrogen and oxygen atoms in total. The van der Waals surface area contributed by atoms with Crippen molar-refractivity contribution >= 4 is 11.5 Å². The number of carboxylic acids is 1. The topological polar surface area (TPSA) is 37.3 Å². The second-order valence-electron chi connectivity index (χ2n) is 5.86. The van der Waals surface area contributed by atoms with E-state index in [0.29, 0.717) is 24.8 Å². The Hall–Kier alpha value is -1.71. The van der Waals surface area contributed by atoms with Gasteiger partial charge in [0.15, 0.2) is 0 Å². The molecular formula is C19H26F2O2. The molecule has 0 amide bonds. The summed E-state index contributed by atoms with van der Waals surface area (Å²) in [5.74, 6) is -2.16. The van der Waals surface area contributed by atoms with Gasteiger partial charge >= 0.3 is 5.97 Å². The summed E-state index contributed by atoms with van der Waals surface area (Å²) in [5, 5.41) is 9.14.